The summed E-state index contributed by atoms with van der Waals surface area (Å²) in [5, 5.41) is 2.85. The van der Waals surface area contributed by atoms with Gasteiger partial charge in [-0.1, -0.05) is 30.3 Å². The molecule has 4 rings (SSSR count). The Balaban J connectivity index is 1.67. The molecule has 32 heavy (non-hydrogen) atoms. The van der Waals surface area contributed by atoms with Crippen LogP contribution >= 0.6 is 0 Å². The molecular weight excluding hydrogens is 428 g/mol. The highest BCUT2D eigenvalue weighted by atomic mass is 32.2. The standard InChI is InChI=1S/C24H24N2O5S/c1-30-22-12-6-11-20(23(22)31-2)24(27)25-18-14-13-17-8-7-15-26(21(17)16-18)32(28,29)19-9-4-3-5-10-19/h3-6,9-14,16H,7-8,15H2,1-2H3,(H,25,27). The van der Waals surface area contributed by atoms with Gasteiger partial charge in [0.1, 0.15) is 0 Å². The number of rotatable bonds is 6. The molecule has 3 aromatic carbocycles. The van der Waals surface area contributed by atoms with Crippen molar-refractivity contribution in [3.05, 3.63) is 77.9 Å². The molecule has 1 aliphatic heterocycles. The molecule has 0 bridgehead atoms. The van der Waals surface area contributed by atoms with Gasteiger partial charge in [-0.2, -0.15) is 0 Å². The summed E-state index contributed by atoms with van der Waals surface area (Å²) < 4.78 is 38.6. The average Bonchev–Trinajstić information content (AvgIpc) is 2.83. The van der Waals surface area contributed by atoms with Crippen molar-refractivity contribution in [1.29, 1.82) is 0 Å². The summed E-state index contributed by atoms with van der Waals surface area (Å²) in [5.41, 5.74) is 2.32. The predicted molar refractivity (Wildman–Crippen MR) is 123 cm³/mol. The van der Waals surface area contributed by atoms with E-state index in [0.717, 1.165) is 18.4 Å². The average molecular weight is 453 g/mol. The lowest BCUT2D eigenvalue weighted by Crippen LogP contribution is -2.35. The Morgan fingerprint density at radius 3 is 2.47 bits per heavy atom. The number of aryl methyl sites for hydroxylation is 1. The first-order chi connectivity index (χ1) is 15.5. The van der Waals surface area contributed by atoms with E-state index in [1.807, 2.05) is 6.07 Å². The maximum absolute atomic E-state index is 13.3. The largest absolute Gasteiger partial charge is 0.493 e. The molecule has 0 aromatic heterocycles. The van der Waals surface area contributed by atoms with Gasteiger partial charge in [0.05, 0.1) is 30.4 Å². The molecule has 1 amide bonds. The van der Waals surface area contributed by atoms with Crippen LogP contribution in [-0.4, -0.2) is 35.1 Å². The molecule has 166 valence electrons. The highest BCUT2D eigenvalue weighted by Gasteiger charge is 2.29. The van der Waals surface area contributed by atoms with Crippen molar-refractivity contribution in [2.24, 2.45) is 0 Å². The minimum atomic E-state index is -3.71. The Bertz CT molecular complexity index is 1240. The highest BCUT2D eigenvalue weighted by Crippen LogP contribution is 2.35. The number of nitrogens with zero attached hydrogens (tertiary/aromatic N) is 1. The van der Waals surface area contributed by atoms with Crippen molar-refractivity contribution < 1.29 is 22.7 Å². The smallest absolute Gasteiger partial charge is 0.264 e. The Labute approximate surface area is 187 Å². The summed E-state index contributed by atoms with van der Waals surface area (Å²) in [6.45, 7) is 0.380. The quantitative estimate of drug-likeness (QED) is 0.609. The fourth-order valence-corrected chi connectivity index (χ4v) is 5.41. The van der Waals surface area contributed by atoms with Gasteiger partial charge in [-0.3, -0.25) is 9.10 Å². The SMILES string of the molecule is COc1cccc(C(=O)Nc2ccc3c(c2)N(S(=O)(=O)c2ccccc2)CCC3)c1OC. The van der Waals surface area contributed by atoms with Crippen LogP contribution in [0.4, 0.5) is 11.4 Å². The van der Waals surface area contributed by atoms with E-state index in [1.165, 1.54) is 18.5 Å². The van der Waals surface area contributed by atoms with E-state index in [9.17, 15) is 13.2 Å². The summed E-state index contributed by atoms with van der Waals surface area (Å²) in [5.74, 6) is 0.401. The fraction of sp³-hybridized carbons (Fsp3) is 0.208. The first-order valence-electron chi connectivity index (χ1n) is 10.2. The maximum Gasteiger partial charge on any atom is 0.264 e. The maximum atomic E-state index is 13.3. The van der Waals surface area contributed by atoms with Crippen molar-refractivity contribution in [3.8, 4) is 11.5 Å². The minimum absolute atomic E-state index is 0.239. The van der Waals surface area contributed by atoms with Crippen molar-refractivity contribution in [1.82, 2.24) is 0 Å². The van der Waals surface area contributed by atoms with Crippen molar-refractivity contribution >= 4 is 27.3 Å². The molecule has 0 unspecified atom stereocenters. The van der Waals surface area contributed by atoms with Crippen LogP contribution in [0.2, 0.25) is 0 Å². The lowest BCUT2D eigenvalue weighted by molar-refractivity contribution is 0.102. The number of ether oxygens (including phenoxy) is 2. The third-order valence-electron chi connectivity index (χ3n) is 5.40. The fourth-order valence-electron chi connectivity index (χ4n) is 3.85. The zero-order valence-corrected chi connectivity index (χ0v) is 18.7. The lowest BCUT2D eigenvalue weighted by Gasteiger charge is -2.31. The molecule has 1 heterocycles. The molecule has 0 fully saturated rings. The van der Waals surface area contributed by atoms with Crippen molar-refractivity contribution in [3.63, 3.8) is 0 Å². The Kier molecular flexibility index (Phi) is 6.05. The number of benzene rings is 3. The van der Waals surface area contributed by atoms with Gasteiger partial charge in [0.2, 0.25) is 0 Å². The van der Waals surface area contributed by atoms with Crippen LogP contribution in [0.15, 0.2) is 71.6 Å². The van der Waals surface area contributed by atoms with Crippen LogP contribution in [-0.2, 0) is 16.4 Å². The monoisotopic (exact) mass is 452 g/mol. The first-order valence-corrected chi connectivity index (χ1v) is 11.6. The number of anilines is 2. The summed E-state index contributed by atoms with van der Waals surface area (Å²) in [7, 11) is -0.732. The summed E-state index contributed by atoms with van der Waals surface area (Å²) in [6.07, 6.45) is 1.50. The molecule has 0 spiro atoms. The Morgan fingerprint density at radius 2 is 1.75 bits per heavy atom. The number of carbonyl (C=O) groups is 1. The van der Waals surface area contributed by atoms with E-state index < -0.39 is 10.0 Å². The Hall–Kier alpha value is -3.52. The number of hydrogen-bond acceptors (Lipinski definition) is 5. The zero-order chi connectivity index (χ0) is 22.7. The number of sulfonamides is 1. The van der Waals surface area contributed by atoms with Crippen LogP contribution in [0.5, 0.6) is 11.5 Å². The van der Waals surface area contributed by atoms with E-state index >= 15 is 0 Å². The van der Waals surface area contributed by atoms with Crippen molar-refractivity contribution in [2.45, 2.75) is 17.7 Å². The summed E-state index contributed by atoms with van der Waals surface area (Å²) in [6, 6.07) is 18.8. The molecule has 0 atom stereocenters. The second-order valence-corrected chi connectivity index (χ2v) is 9.19. The molecule has 1 N–H and O–H groups in total. The van der Waals surface area contributed by atoms with E-state index in [2.05, 4.69) is 5.32 Å². The van der Waals surface area contributed by atoms with Crippen LogP contribution in [0, 0.1) is 0 Å². The first kappa shape index (κ1) is 21.7. The topological polar surface area (TPSA) is 84.9 Å². The van der Waals surface area contributed by atoms with Gasteiger partial charge in [0.15, 0.2) is 11.5 Å². The summed E-state index contributed by atoms with van der Waals surface area (Å²) >= 11 is 0. The lowest BCUT2D eigenvalue weighted by atomic mass is 10.0. The molecule has 7 nitrogen and oxygen atoms in total. The normalized spacial score (nSPS) is 13.2. The number of fused-ring (bicyclic) bond motifs is 1. The van der Waals surface area contributed by atoms with Gasteiger partial charge >= 0.3 is 0 Å². The van der Waals surface area contributed by atoms with E-state index in [1.54, 1.807) is 60.7 Å². The molecule has 8 heteroatoms. The highest BCUT2D eigenvalue weighted by molar-refractivity contribution is 7.92. The third kappa shape index (κ3) is 4.01. The second-order valence-electron chi connectivity index (χ2n) is 7.33. The molecule has 1 aliphatic rings. The molecule has 0 aliphatic carbocycles. The van der Waals surface area contributed by atoms with E-state index in [-0.39, 0.29) is 10.8 Å². The molecule has 3 aromatic rings. The van der Waals surface area contributed by atoms with Crippen LogP contribution in [0.3, 0.4) is 0 Å². The van der Waals surface area contributed by atoms with E-state index in [0.29, 0.717) is 35.0 Å². The second kappa shape index (κ2) is 8.92. The molecule has 0 radical (unpaired) electrons. The third-order valence-corrected chi connectivity index (χ3v) is 7.23. The van der Waals surface area contributed by atoms with Gasteiger partial charge in [0, 0.05) is 12.2 Å². The Morgan fingerprint density at radius 1 is 0.969 bits per heavy atom. The number of amides is 1. The zero-order valence-electron chi connectivity index (χ0n) is 17.9. The van der Waals surface area contributed by atoms with Gasteiger partial charge in [0.25, 0.3) is 15.9 Å². The van der Waals surface area contributed by atoms with Gasteiger partial charge in [-0.15, -0.1) is 0 Å². The van der Waals surface area contributed by atoms with Gasteiger partial charge < -0.3 is 14.8 Å². The van der Waals surface area contributed by atoms with E-state index in [4.69, 9.17) is 9.47 Å². The van der Waals surface area contributed by atoms with Crippen LogP contribution < -0.4 is 19.1 Å². The molecule has 0 saturated heterocycles. The molecular formula is C24H24N2O5S. The van der Waals surface area contributed by atoms with Gasteiger partial charge in [-0.25, -0.2) is 8.42 Å². The van der Waals surface area contributed by atoms with Crippen molar-refractivity contribution in [2.75, 3.05) is 30.4 Å². The van der Waals surface area contributed by atoms with Gasteiger partial charge in [-0.05, 0) is 54.8 Å². The van der Waals surface area contributed by atoms with Crippen LogP contribution in [0.25, 0.3) is 0 Å². The number of para-hydroxylation sites is 1. The molecule has 0 saturated carbocycles. The summed E-state index contributed by atoms with van der Waals surface area (Å²) in [4.78, 5) is 13.2. The minimum Gasteiger partial charge on any atom is -0.493 e. The number of nitrogens with one attached hydrogen (secondary N) is 1. The predicted octanol–water partition coefficient (Wildman–Crippen LogP) is 4.10. The number of carbonyl (C=O) groups excluding carboxylic acids is 1. The van der Waals surface area contributed by atoms with Crippen LogP contribution in [0.1, 0.15) is 22.3 Å². The number of methoxy groups -OCH3 is 2. The number of hydrogen-bond donors (Lipinski definition) is 1.